The molecule has 2 unspecified atom stereocenters. The molecule has 1 fully saturated rings. The molecule has 6 heteroatoms. The lowest BCUT2D eigenvalue weighted by molar-refractivity contribution is -0.130. The second-order valence-electron chi connectivity index (χ2n) is 5.25. The molecule has 1 N–H and O–H groups in total. The highest BCUT2D eigenvalue weighted by Crippen LogP contribution is 2.22. The lowest BCUT2D eigenvalue weighted by Gasteiger charge is -2.23. The van der Waals surface area contributed by atoms with Crippen LogP contribution < -0.4 is 5.32 Å². The molecule has 0 saturated carbocycles. The van der Waals surface area contributed by atoms with Crippen LogP contribution in [-0.2, 0) is 14.3 Å². The fourth-order valence-electron chi connectivity index (χ4n) is 2.47. The van der Waals surface area contributed by atoms with Gasteiger partial charge >= 0.3 is 0 Å². The van der Waals surface area contributed by atoms with Crippen molar-refractivity contribution in [2.24, 2.45) is 5.92 Å². The molecular formula is C15H19FN2O3. The topological polar surface area (TPSA) is 58.6 Å². The molecule has 2 amide bonds. The molecule has 0 radical (unpaired) electrons. The maximum absolute atomic E-state index is 13.1. The van der Waals surface area contributed by atoms with Crippen LogP contribution >= 0.6 is 0 Å². The highest BCUT2D eigenvalue weighted by molar-refractivity contribution is 5.97. The van der Waals surface area contributed by atoms with Crippen molar-refractivity contribution in [1.82, 2.24) is 4.90 Å². The zero-order valence-corrected chi connectivity index (χ0v) is 12.1. The standard InChI is InChI=1S/C15H19FN2O3/c1-10(9-21-2)18-8-11(6-14(18)19)15(20)17-13-5-3-4-12(16)7-13/h3-5,7,10-11H,6,8-9H2,1-2H3,(H,17,20). The first-order chi connectivity index (χ1) is 10.0. The number of nitrogens with one attached hydrogen (secondary N) is 1. The number of likely N-dealkylation sites (tertiary alicyclic amines) is 1. The third-order valence-corrected chi connectivity index (χ3v) is 3.56. The van der Waals surface area contributed by atoms with Crippen LogP contribution in [0.25, 0.3) is 0 Å². The van der Waals surface area contributed by atoms with E-state index in [1.807, 2.05) is 6.92 Å². The molecule has 21 heavy (non-hydrogen) atoms. The minimum atomic E-state index is -0.417. The molecule has 0 bridgehead atoms. The van der Waals surface area contributed by atoms with Crippen LogP contribution in [0.15, 0.2) is 24.3 Å². The van der Waals surface area contributed by atoms with E-state index in [-0.39, 0.29) is 24.3 Å². The number of hydrogen-bond donors (Lipinski definition) is 1. The number of halogens is 1. The fourth-order valence-corrected chi connectivity index (χ4v) is 2.47. The van der Waals surface area contributed by atoms with E-state index in [1.165, 1.54) is 18.2 Å². The Hall–Kier alpha value is -1.95. The summed E-state index contributed by atoms with van der Waals surface area (Å²) in [6, 6.07) is 5.64. The van der Waals surface area contributed by atoms with Gasteiger partial charge in [-0.2, -0.15) is 0 Å². The lowest BCUT2D eigenvalue weighted by Crippen LogP contribution is -2.38. The van der Waals surface area contributed by atoms with Crippen molar-refractivity contribution in [3.05, 3.63) is 30.1 Å². The first-order valence-corrected chi connectivity index (χ1v) is 6.86. The van der Waals surface area contributed by atoms with Gasteiger partial charge in [-0.25, -0.2) is 4.39 Å². The molecule has 2 rings (SSSR count). The third kappa shape index (κ3) is 3.78. The summed E-state index contributed by atoms with van der Waals surface area (Å²) < 4.78 is 18.1. The van der Waals surface area contributed by atoms with Gasteiger partial charge in [0.2, 0.25) is 11.8 Å². The number of benzene rings is 1. The van der Waals surface area contributed by atoms with Crippen molar-refractivity contribution in [2.45, 2.75) is 19.4 Å². The van der Waals surface area contributed by atoms with Crippen LogP contribution in [0.5, 0.6) is 0 Å². The molecule has 1 aromatic carbocycles. The molecule has 1 aromatic rings. The maximum Gasteiger partial charge on any atom is 0.229 e. The maximum atomic E-state index is 13.1. The highest BCUT2D eigenvalue weighted by Gasteiger charge is 2.36. The molecule has 1 aliphatic rings. The van der Waals surface area contributed by atoms with E-state index >= 15 is 0 Å². The number of amides is 2. The summed E-state index contributed by atoms with van der Waals surface area (Å²) in [5.41, 5.74) is 0.399. The Morgan fingerprint density at radius 3 is 3.00 bits per heavy atom. The molecule has 5 nitrogen and oxygen atoms in total. The second-order valence-corrected chi connectivity index (χ2v) is 5.25. The van der Waals surface area contributed by atoms with Gasteiger partial charge < -0.3 is 15.0 Å². The van der Waals surface area contributed by atoms with Gasteiger partial charge in [-0.15, -0.1) is 0 Å². The minimum absolute atomic E-state index is 0.0565. The largest absolute Gasteiger partial charge is 0.383 e. The predicted octanol–water partition coefficient (Wildman–Crippen LogP) is 1.65. The van der Waals surface area contributed by atoms with Gasteiger partial charge in [-0.3, -0.25) is 9.59 Å². The average Bonchev–Trinajstić information content (AvgIpc) is 2.81. The predicted molar refractivity (Wildman–Crippen MR) is 76.2 cm³/mol. The number of carbonyl (C=O) groups is 2. The molecule has 0 aliphatic carbocycles. The summed E-state index contributed by atoms with van der Waals surface area (Å²) in [4.78, 5) is 25.7. The Labute approximate surface area is 123 Å². The van der Waals surface area contributed by atoms with Crippen molar-refractivity contribution in [2.75, 3.05) is 25.6 Å². The summed E-state index contributed by atoms with van der Waals surface area (Å²) in [7, 11) is 1.57. The molecule has 2 atom stereocenters. The average molecular weight is 294 g/mol. The number of methoxy groups -OCH3 is 1. The Bertz CT molecular complexity index is 535. The van der Waals surface area contributed by atoms with E-state index in [9.17, 15) is 14.0 Å². The van der Waals surface area contributed by atoms with Crippen molar-refractivity contribution in [1.29, 1.82) is 0 Å². The van der Waals surface area contributed by atoms with E-state index in [1.54, 1.807) is 18.1 Å². The molecule has 1 saturated heterocycles. The Balaban J connectivity index is 1.97. The van der Waals surface area contributed by atoms with Crippen LogP contribution in [0.1, 0.15) is 13.3 Å². The van der Waals surface area contributed by atoms with Gasteiger partial charge in [0, 0.05) is 25.8 Å². The van der Waals surface area contributed by atoms with Crippen LogP contribution in [0.4, 0.5) is 10.1 Å². The van der Waals surface area contributed by atoms with Crippen molar-refractivity contribution in [3.8, 4) is 0 Å². The van der Waals surface area contributed by atoms with Crippen LogP contribution in [0.3, 0.4) is 0 Å². The molecule has 0 spiro atoms. The first-order valence-electron chi connectivity index (χ1n) is 6.86. The van der Waals surface area contributed by atoms with Crippen LogP contribution in [0.2, 0.25) is 0 Å². The van der Waals surface area contributed by atoms with E-state index in [0.29, 0.717) is 18.8 Å². The number of ether oxygens (including phenoxy) is 1. The van der Waals surface area contributed by atoms with Crippen molar-refractivity contribution >= 4 is 17.5 Å². The molecule has 1 heterocycles. The summed E-state index contributed by atoms with van der Waals surface area (Å²) in [6.07, 6.45) is 0.176. The van der Waals surface area contributed by atoms with Crippen molar-refractivity contribution in [3.63, 3.8) is 0 Å². The van der Waals surface area contributed by atoms with Crippen LogP contribution in [0, 0.1) is 11.7 Å². The van der Waals surface area contributed by atoms with Crippen molar-refractivity contribution < 1.29 is 18.7 Å². The van der Waals surface area contributed by atoms with E-state index in [0.717, 1.165) is 0 Å². The van der Waals surface area contributed by atoms with Gasteiger partial charge in [-0.05, 0) is 25.1 Å². The number of rotatable bonds is 5. The van der Waals surface area contributed by atoms with Gasteiger partial charge in [0.05, 0.1) is 18.6 Å². The number of hydrogen-bond acceptors (Lipinski definition) is 3. The SMILES string of the molecule is COCC(C)N1CC(C(=O)Nc2cccc(F)c2)CC1=O. The minimum Gasteiger partial charge on any atom is -0.383 e. The van der Waals surface area contributed by atoms with Gasteiger partial charge in [0.1, 0.15) is 5.82 Å². The third-order valence-electron chi connectivity index (χ3n) is 3.56. The number of nitrogens with zero attached hydrogens (tertiary/aromatic N) is 1. The highest BCUT2D eigenvalue weighted by atomic mass is 19.1. The molecule has 1 aliphatic heterocycles. The van der Waals surface area contributed by atoms with E-state index in [2.05, 4.69) is 5.32 Å². The normalized spacial score (nSPS) is 19.7. The Morgan fingerprint density at radius 1 is 1.57 bits per heavy atom. The second kappa shape index (κ2) is 6.67. The summed E-state index contributed by atoms with van der Waals surface area (Å²) in [5.74, 6) is -1.15. The first kappa shape index (κ1) is 15.4. The zero-order valence-electron chi connectivity index (χ0n) is 12.1. The number of carbonyl (C=O) groups excluding carboxylic acids is 2. The quantitative estimate of drug-likeness (QED) is 0.898. The lowest BCUT2D eigenvalue weighted by atomic mass is 10.1. The Kier molecular flexibility index (Phi) is 4.90. The van der Waals surface area contributed by atoms with Gasteiger partial charge in [0.15, 0.2) is 0 Å². The Morgan fingerprint density at radius 2 is 2.33 bits per heavy atom. The zero-order chi connectivity index (χ0) is 15.4. The fraction of sp³-hybridized carbons (Fsp3) is 0.467. The van der Waals surface area contributed by atoms with E-state index < -0.39 is 11.7 Å². The molecular weight excluding hydrogens is 275 g/mol. The van der Waals surface area contributed by atoms with Crippen LogP contribution in [-0.4, -0.2) is 43.0 Å². The van der Waals surface area contributed by atoms with E-state index in [4.69, 9.17) is 4.74 Å². The smallest absolute Gasteiger partial charge is 0.229 e. The number of anilines is 1. The summed E-state index contributed by atoms with van der Waals surface area (Å²) in [5, 5.41) is 2.65. The summed E-state index contributed by atoms with van der Waals surface area (Å²) in [6.45, 7) is 2.68. The van der Waals surface area contributed by atoms with Gasteiger partial charge in [-0.1, -0.05) is 6.07 Å². The molecule has 0 aromatic heterocycles. The summed E-state index contributed by atoms with van der Waals surface area (Å²) >= 11 is 0. The van der Waals surface area contributed by atoms with Gasteiger partial charge in [0.25, 0.3) is 0 Å². The molecule has 114 valence electrons. The monoisotopic (exact) mass is 294 g/mol.